The summed E-state index contributed by atoms with van der Waals surface area (Å²) in [6.45, 7) is 0. The lowest BCUT2D eigenvalue weighted by Gasteiger charge is -2.12. The number of fused-ring (bicyclic) bond motifs is 2. The van der Waals surface area contributed by atoms with Crippen LogP contribution >= 0.6 is 0 Å². The molecular weight excluding hydrogens is 246 g/mol. The molecule has 18 heavy (non-hydrogen) atoms. The van der Waals surface area contributed by atoms with Gasteiger partial charge < -0.3 is 5.32 Å². The van der Waals surface area contributed by atoms with Crippen LogP contribution in [0.4, 0.5) is 0 Å². The fourth-order valence-corrected chi connectivity index (χ4v) is 5.01. The van der Waals surface area contributed by atoms with Crippen LogP contribution in [-0.2, 0) is 22.7 Å². The van der Waals surface area contributed by atoms with Crippen molar-refractivity contribution in [3.05, 3.63) is 28.8 Å². The minimum atomic E-state index is -3.06. The van der Waals surface area contributed by atoms with Gasteiger partial charge >= 0.3 is 0 Å². The van der Waals surface area contributed by atoms with Crippen molar-refractivity contribution in [1.82, 2.24) is 5.32 Å². The summed E-state index contributed by atoms with van der Waals surface area (Å²) in [7, 11) is -3.06. The zero-order valence-electron chi connectivity index (χ0n) is 10.3. The van der Waals surface area contributed by atoms with Crippen molar-refractivity contribution in [1.29, 1.82) is 0 Å². The molecule has 4 rings (SSSR count). The number of sulfone groups is 1. The van der Waals surface area contributed by atoms with Gasteiger partial charge in [-0.15, -0.1) is 0 Å². The van der Waals surface area contributed by atoms with E-state index in [2.05, 4.69) is 11.4 Å². The van der Waals surface area contributed by atoms with E-state index >= 15 is 0 Å². The highest BCUT2D eigenvalue weighted by atomic mass is 32.2. The molecule has 1 unspecified atom stereocenters. The van der Waals surface area contributed by atoms with Crippen LogP contribution in [-0.4, -0.2) is 20.2 Å². The van der Waals surface area contributed by atoms with E-state index in [9.17, 15) is 8.42 Å². The standard InChI is InChI=1S/C14H17NO2S/c16-18(17)8-13(15-11-4-5-11)12-6-9-2-1-3-10(9)7-14(12)18/h6-7,11,13,15H,1-5,8H2. The number of aryl methyl sites for hydroxylation is 2. The predicted molar refractivity (Wildman–Crippen MR) is 69.4 cm³/mol. The van der Waals surface area contributed by atoms with E-state index in [1.54, 1.807) is 0 Å². The second kappa shape index (κ2) is 3.58. The van der Waals surface area contributed by atoms with Gasteiger partial charge in [0, 0.05) is 12.1 Å². The Kier molecular flexibility index (Phi) is 2.19. The summed E-state index contributed by atoms with van der Waals surface area (Å²) in [4.78, 5) is 0.598. The maximum absolute atomic E-state index is 12.2. The van der Waals surface area contributed by atoms with Crippen LogP contribution in [0.5, 0.6) is 0 Å². The molecule has 3 nitrogen and oxygen atoms in total. The van der Waals surface area contributed by atoms with E-state index < -0.39 is 9.84 Å². The fraction of sp³-hybridized carbons (Fsp3) is 0.571. The third kappa shape index (κ3) is 1.62. The SMILES string of the molecule is O=S1(=O)CC(NC2CC2)c2cc3c(cc21)CCC3. The average Bonchev–Trinajstić information content (AvgIpc) is 2.95. The summed E-state index contributed by atoms with van der Waals surface area (Å²) in [6, 6.07) is 4.68. The smallest absolute Gasteiger partial charge is 0.180 e. The first-order valence-electron chi connectivity index (χ1n) is 6.78. The van der Waals surface area contributed by atoms with Gasteiger partial charge in [0.1, 0.15) is 0 Å². The molecule has 1 fully saturated rings. The molecule has 4 heteroatoms. The van der Waals surface area contributed by atoms with Gasteiger partial charge in [0.25, 0.3) is 0 Å². The maximum Gasteiger partial charge on any atom is 0.180 e. The summed E-state index contributed by atoms with van der Waals surface area (Å²) in [6.07, 6.45) is 5.70. The predicted octanol–water partition coefficient (Wildman–Crippen LogP) is 1.76. The fourth-order valence-electron chi connectivity index (χ4n) is 3.23. The van der Waals surface area contributed by atoms with Gasteiger partial charge in [-0.2, -0.15) is 0 Å². The van der Waals surface area contributed by atoms with Crippen molar-refractivity contribution in [2.45, 2.75) is 49.1 Å². The Bertz CT molecular complexity index is 617. The molecule has 1 aromatic carbocycles. The van der Waals surface area contributed by atoms with Crippen molar-refractivity contribution in [2.75, 3.05) is 5.75 Å². The normalized spacial score (nSPS) is 28.1. The zero-order valence-corrected chi connectivity index (χ0v) is 11.1. The molecule has 1 atom stereocenters. The molecule has 1 aromatic rings. The highest BCUT2D eigenvalue weighted by molar-refractivity contribution is 7.91. The van der Waals surface area contributed by atoms with Crippen molar-refractivity contribution in [2.24, 2.45) is 0 Å². The first-order valence-corrected chi connectivity index (χ1v) is 8.43. The molecule has 3 aliphatic rings. The molecule has 1 aliphatic heterocycles. The van der Waals surface area contributed by atoms with Crippen molar-refractivity contribution in [3.63, 3.8) is 0 Å². The van der Waals surface area contributed by atoms with Gasteiger partial charge in [-0.05, 0) is 54.9 Å². The highest BCUT2D eigenvalue weighted by Crippen LogP contribution is 2.39. The van der Waals surface area contributed by atoms with E-state index in [1.807, 2.05) is 6.07 Å². The maximum atomic E-state index is 12.2. The lowest BCUT2D eigenvalue weighted by molar-refractivity contribution is 0.564. The third-order valence-corrected chi connectivity index (χ3v) is 6.13. The molecule has 0 bridgehead atoms. The minimum Gasteiger partial charge on any atom is -0.306 e. The second-order valence-corrected chi connectivity index (χ2v) is 7.79. The molecule has 0 spiro atoms. The van der Waals surface area contributed by atoms with Gasteiger partial charge in [0.05, 0.1) is 10.6 Å². The molecule has 2 aliphatic carbocycles. The number of hydrogen-bond donors (Lipinski definition) is 1. The summed E-state index contributed by atoms with van der Waals surface area (Å²) in [5.74, 6) is 0.252. The Labute approximate surface area is 108 Å². The average molecular weight is 263 g/mol. The van der Waals surface area contributed by atoms with Crippen molar-refractivity contribution >= 4 is 9.84 Å². The van der Waals surface area contributed by atoms with E-state index in [0.717, 1.165) is 18.4 Å². The van der Waals surface area contributed by atoms with Gasteiger partial charge in [-0.1, -0.05) is 6.07 Å². The number of nitrogens with one attached hydrogen (secondary N) is 1. The largest absolute Gasteiger partial charge is 0.306 e. The van der Waals surface area contributed by atoms with E-state index in [4.69, 9.17) is 0 Å². The number of benzene rings is 1. The molecular formula is C14H17NO2S. The number of rotatable bonds is 2. The monoisotopic (exact) mass is 263 g/mol. The van der Waals surface area contributed by atoms with Crippen molar-refractivity contribution in [3.8, 4) is 0 Å². The van der Waals surface area contributed by atoms with Gasteiger partial charge in [-0.25, -0.2) is 8.42 Å². The van der Waals surface area contributed by atoms with E-state index in [1.165, 1.54) is 30.4 Å². The zero-order chi connectivity index (χ0) is 12.3. The molecule has 96 valence electrons. The van der Waals surface area contributed by atoms with Crippen LogP contribution in [0.15, 0.2) is 17.0 Å². The van der Waals surface area contributed by atoms with Gasteiger partial charge in [0.15, 0.2) is 9.84 Å². The van der Waals surface area contributed by atoms with Gasteiger partial charge in [-0.3, -0.25) is 0 Å². The quantitative estimate of drug-likeness (QED) is 0.884. The molecule has 0 amide bonds. The van der Waals surface area contributed by atoms with E-state index in [0.29, 0.717) is 10.9 Å². The summed E-state index contributed by atoms with van der Waals surface area (Å²) in [5.41, 5.74) is 3.65. The van der Waals surface area contributed by atoms with Crippen LogP contribution in [0.1, 0.15) is 42.0 Å². The van der Waals surface area contributed by atoms with Crippen LogP contribution in [0.2, 0.25) is 0 Å². The van der Waals surface area contributed by atoms with Crippen LogP contribution < -0.4 is 5.32 Å². The van der Waals surface area contributed by atoms with Crippen LogP contribution in [0.25, 0.3) is 0 Å². The molecule has 0 saturated heterocycles. The minimum absolute atomic E-state index is 0.0309. The Balaban J connectivity index is 1.82. The molecule has 1 heterocycles. The summed E-state index contributed by atoms with van der Waals surface area (Å²) >= 11 is 0. The first-order chi connectivity index (χ1) is 8.63. The Morgan fingerprint density at radius 3 is 2.56 bits per heavy atom. The Morgan fingerprint density at radius 2 is 1.83 bits per heavy atom. The van der Waals surface area contributed by atoms with Crippen LogP contribution in [0, 0.1) is 0 Å². The molecule has 0 radical (unpaired) electrons. The van der Waals surface area contributed by atoms with Crippen LogP contribution in [0.3, 0.4) is 0 Å². The van der Waals surface area contributed by atoms with Gasteiger partial charge in [0.2, 0.25) is 0 Å². The lowest BCUT2D eigenvalue weighted by Crippen LogP contribution is -2.24. The highest BCUT2D eigenvalue weighted by Gasteiger charge is 2.38. The second-order valence-electron chi connectivity index (χ2n) is 5.79. The summed E-state index contributed by atoms with van der Waals surface area (Å²) in [5, 5.41) is 3.48. The molecule has 1 N–H and O–H groups in total. The first kappa shape index (κ1) is 11.0. The number of hydrogen-bond acceptors (Lipinski definition) is 3. The van der Waals surface area contributed by atoms with E-state index in [-0.39, 0.29) is 11.8 Å². The molecule has 1 saturated carbocycles. The topological polar surface area (TPSA) is 46.2 Å². The molecule has 0 aromatic heterocycles. The Morgan fingerprint density at radius 1 is 1.11 bits per heavy atom. The lowest BCUT2D eigenvalue weighted by atomic mass is 10.0. The third-order valence-electron chi connectivity index (χ3n) is 4.34. The Hall–Kier alpha value is -0.870. The van der Waals surface area contributed by atoms with Crippen molar-refractivity contribution < 1.29 is 8.42 Å². The summed E-state index contributed by atoms with van der Waals surface area (Å²) < 4.78 is 24.5.